The Morgan fingerprint density at radius 1 is 0.420 bits per heavy atom. The van der Waals surface area contributed by atoms with Crippen molar-refractivity contribution < 1.29 is 0 Å². The van der Waals surface area contributed by atoms with Gasteiger partial charge in [-0.25, -0.2) is 0 Å². The number of hydrogen-bond donors (Lipinski definition) is 0. The summed E-state index contributed by atoms with van der Waals surface area (Å²) in [6, 6.07) is 55.0. The summed E-state index contributed by atoms with van der Waals surface area (Å²) < 4.78 is 0. The quantitative estimate of drug-likeness (QED) is 0.159. The summed E-state index contributed by atoms with van der Waals surface area (Å²) in [7, 11) is 0. The molecule has 7 aromatic rings. The summed E-state index contributed by atoms with van der Waals surface area (Å²) in [5, 5.41) is 0. The van der Waals surface area contributed by atoms with Gasteiger partial charge in [-0.3, -0.25) is 0 Å². The van der Waals surface area contributed by atoms with Gasteiger partial charge in [0, 0.05) is 39.4 Å². The SMILES string of the molecule is Cc1cc2c3c(c1)N(c1ccc(C(C)(C)C)cc1-c1cccc(C(C)(C)C)c1)c1cc4c(cc1B3c1cc(C(C)(C)c3ccccc3)ccc1N2c1ccc(C(C)(C)C)cc1)C(C)(C)CCC4(C)C. The summed E-state index contributed by atoms with van der Waals surface area (Å²) >= 11 is 0. The number of hydrogen-bond acceptors (Lipinski definition) is 2. The molecular formula is C66H75BN2. The molecule has 0 N–H and O–H groups in total. The molecule has 0 bridgehead atoms. The third-order valence-corrected chi connectivity index (χ3v) is 16.5. The lowest BCUT2D eigenvalue weighted by Gasteiger charge is -2.48. The van der Waals surface area contributed by atoms with Gasteiger partial charge in [0.1, 0.15) is 0 Å². The summed E-state index contributed by atoms with van der Waals surface area (Å²) in [6.07, 6.45) is 2.32. The molecule has 3 heteroatoms. The van der Waals surface area contributed by atoms with E-state index in [9.17, 15) is 0 Å². The average molecular weight is 907 g/mol. The molecule has 0 unspecified atom stereocenters. The predicted octanol–water partition coefficient (Wildman–Crippen LogP) is 16.3. The Bertz CT molecular complexity index is 3140. The molecule has 0 amide bonds. The van der Waals surface area contributed by atoms with Crippen LogP contribution < -0.4 is 26.2 Å². The van der Waals surface area contributed by atoms with E-state index in [4.69, 9.17) is 0 Å². The number of nitrogens with zero attached hydrogens (tertiary/aromatic N) is 2. The number of fused-ring (bicyclic) bond motifs is 5. The van der Waals surface area contributed by atoms with Crippen LogP contribution in [0.5, 0.6) is 0 Å². The van der Waals surface area contributed by atoms with Gasteiger partial charge in [0.05, 0.1) is 5.69 Å². The molecule has 2 heterocycles. The zero-order chi connectivity index (χ0) is 49.4. The van der Waals surface area contributed by atoms with Crippen molar-refractivity contribution >= 4 is 57.2 Å². The van der Waals surface area contributed by atoms with Crippen LogP contribution in [0.2, 0.25) is 0 Å². The molecule has 352 valence electrons. The van der Waals surface area contributed by atoms with E-state index in [0.29, 0.717) is 0 Å². The Morgan fingerprint density at radius 3 is 1.57 bits per heavy atom. The zero-order valence-corrected chi connectivity index (χ0v) is 44.7. The summed E-state index contributed by atoms with van der Waals surface area (Å²) in [5.74, 6) is 0. The molecule has 2 aliphatic heterocycles. The minimum Gasteiger partial charge on any atom is -0.311 e. The molecular weight excluding hydrogens is 832 g/mol. The molecule has 0 radical (unpaired) electrons. The van der Waals surface area contributed by atoms with Gasteiger partial charge in [-0.15, -0.1) is 0 Å². The fourth-order valence-electron chi connectivity index (χ4n) is 11.8. The molecule has 3 aliphatic rings. The van der Waals surface area contributed by atoms with Gasteiger partial charge in [-0.05, 0) is 162 Å². The molecule has 0 aromatic heterocycles. The molecule has 10 rings (SSSR count). The highest BCUT2D eigenvalue weighted by Gasteiger charge is 2.47. The minimum atomic E-state index is -0.220. The molecule has 7 aromatic carbocycles. The highest BCUT2D eigenvalue weighted by atomic mass is 15.2. The van der Waals surface area contributed by atoms with Crippen LogP contribution in [0, 0.1) is 6.92 Å². The van der Waals surface area contributed by atoms with E-state index < -0.39 is 0 Å². The van der Waals surface area contributed by atoms with Crippen molar-refractivity contribution in [3.63, 3.8) is 0 Å². The first kappa shape index (κ1) is 46.9. The van der Waals surface area contributed by atoms with Crippen molar-refractivity contribution in [1.82, 2.24) is 0 Å². The van der Waals surface area contributed by atoms with Crippen LogP contribution in [-0.4, -0.2) is 6.71 Å². The second-order valence-electron chi connectivity index (χ2n) is 25.9. The highest BCUT2D eigenvalue weighted by Crippen LogP contribution is 2.52. The number of rotatable bonds is 5. The van der Waals surface area contributed by atoms with Crippen molar-refractivity contribution in [2.24, 2.45) is 0 Å². The maximum Gasteiger partial charge on any atom is 0.252 e. The van der Waals surface area contributed by atoms with Crippen molar-refractivity contribution in [3.8, 4) is 11.1 Å². The Labute approximate surface area is 416 Å². The van der Waals surface area contributed by atoms with Crippen molar-refractivity contribution in [1.29, 1.82) is 0 Å². The number of aryl methyl sites for hydroxylation is 1. The van der Waals surface area contributed by atoms with Gasteiger partial charge in [0.2, 0.25) is 0 Å². The topological polar surface area (TPSA) is 6.48 Å². The van der Waals surface area contributed by atoms with Crippen LogP contribution >= 0.6 is 0 Å². The fourth-order valence-corrected chi connectivity index (χ4v) is 11.8. The molecule has 0 fully saturated rings. The second-order valence-corrected chi connectivity index (χ2v) is 25.9. The van der Waals surface area contributed by atoms with E-state index in [1.165, 1.54) is 106 Å². The molecule has 0 spiro atoms. The van der Waals surface area contributed by atoms with Gasteiger partial charge in [-0.2, -0.15) is 0 Å². The van der Waals surface area contributed by atoms with Gasteiger partial charge in [0.15, 0.2) is 0 Å². The van der Waals surface area contributed by atoms with Gasteiger partial charge in [0.25, 0.3) is 6.71 Å². The largest absolute Gasteiger partial charge is 0.311 e. The zero-order valence-electron chi connectivity index (χ0n) is 44.7. The number of benzene rings is 7. The van der Waals surface area contributed by atoms with Crippen LogP contribution in [0.4, 0.5) is 34.1 Å². The van der Waals surface area contributed by atoms with Crippen molar-refractivity contribution in [2.75, 3.05) is 9.80 Å². The Kier molecular flexibility index (Phi) is 10.8. The third-order valence-electron chi connectivity index (χ3n) is 16.5. The van der Waals surface area contributed by atoms with E-state index in [1.807, 2.05) is 0 Å². The average Bonchev–Trinajstić information content (AvgIpc) is 3.29. The van der Waals surface area contributed by atoms with Crippen LogP contribution in [0.1, 0.15) is 161 Å². The molecule has 69 heavy (non-hydrogen) atoms. The molecule has 0 saturated heterocycles. The van der Waals surface area contributed by atoms with Crippen LogP contribution in [-0.2, 0) is 32.5 Å². The van der Waals surface area contributed by atoms with Gasteiger partial charge < -0.3 is 9.80 Å². The molecule has 0 saturated carbocycles. The predicted molar refractivity (Wildman–Crippen MR) is 301 cm³/mol. The Hall–Kier alpha value is -5.80. The second kappa shape index (κ2) is 15.9. The first-order chi connectivity index (χ1) is 32.3. The molecule has 0 atom stereocenters. The Morgan fingerprint density at radius 2 is 0.942 bits per heavy atom. The summed E-state index contributed by atoms with van der Waals surface area (Å²) in [5.41, 5.74) is 24.9. The van der Waals surface area contributed by atoms with Gasteiger partial charge in [-0.1, -0.05) is 195 Å². The van der Waals surface area contributed by atoms with Gasteiger partial charge >= 0.3 is 0 Å². The minimum absolute atomic E-state index is 0.00104. The highest BCUT2D eigenvalue weighted by molar-refractivity contribution is 7.00. The maximum absolute atomic E-state index is 2.70. The maximum atomic E-state index is 2.70. The van der Waals surface area contributed by atoms with E-state index >= 15 is 0 Å². The van der Waals surface area contributed by atoms with Crippen molar-refractivity contribution in [3.05, 3.63) is 184 Å². The monoisotopic (exact) mass is 907 g/mol. The van der Waals surface area contributed by atoms with Crippen LogP contribution in [0.15, 0.2) is 140 Å². The summed E-state index contributed by atoms with van der Waals surface area (Å²) in [4.78, 5) is 5.29. The fraction of sp³-hybridized carbons (Fsp3) is 0.364. The van der Waals surface area contributed by atoms with E-state index in [2.05, 4.69) is 260 Å². The standard InChI is InChI=1S/C66H75BN2/c1-42-35-58-60-59(36-42)69(55-31-27-47(63(8,9)10)38-50(55)43-21-20-24-46(37-43)62(5,6)7)57-41-52-51(64(11,12)33-34-65(52,13)14)40-54(57)67(60)53-39-48(66(15,16)45-22-18-17-19-23-45)28-32-56(53)68(58)49-29-25-44(26-30-49)61(2,3)4/h17-32,35-41H,33-34H2,1-16H3. The lowest BCUT2D eigenvalue weighted by Crippen LogP contribution is -2.62. The van der Waals surface area contributed by atoms with Crippen LogP contribution in [0.25, 0.3) is 11.1 Å². The van der Waals surface area contributed by atoms with E-state index in [0.717, 1.165) is 12.8 Å². The Balaban J connectivity index is 1.34. The first-order valence-corrected chi connectivity index (χ1v) is 25.8. The van der Waals surface area contributed by atoms with E-state index in [-0.39, 0.29) is 39.2 Å². The lowest BCUT2D eigenvalue weighted by atomic mass is 9.33. The summed E-state index contributed by atoms with van der Waals surface area (Å²) in [6.45, 7) is 38.0. The van der Waals surface area contributed by atoms with Crippen molar-refractivity contribution in [2.45, 2.75) is 156 Å². The van der Waals surface area contributed by atoms with Crippen LogP contribution in [0.3, 0.4) is 0 Å². The third kappa shape index (κ3) is 7.88. The molecule has 1 aliphatic carbocycles. The number of anilines is 6. The molecule has 2 nitrogen and oxygen atoms in total. The lowest BCUT2D eigenvalue weighted by molar-refractivity contribution is 0.332. The normalized spacial score (nSPS) is 16.1. The smallest absolute Gasteiger partial charge is 0.252 e. The van der Waals surface area contributed by atoms with E-state index in [1.54, 1.807) is 0 Å². The first-order valence-electron chi connectivity index (χ1n) is 25.8.